The van der Waals surface area contributed by atoms with Gasteiger partial charge in [-0.3, -0.25) is 0 Å². The highest BCUT2D eigenvalue weighted by Crippen LogP contribution is 2.20. The van der Waals surface area contributed by atoms with E-state index >= 15 is 0 Å². The van der Waals surface area contributed by atoms with Crippen molar-refractivity contribution < 1.29 is 4.74 Å². The molecular formula is C16H26N2O. The van der Waals surface area contributed by atoms with E-state index in [2.05, 4.69) is 49.2 Å². The van der Waals surface area contributed by atoms with Gasteiger partial charge in [0.15, 0.2) is 0 Å². The Balaban J connectivity index is 1.88. The Kier molecular flexibility index (Phi) is 5.23. The van der Waals surface area contributed by atoms with Gasteiger partial charge in [0.05, 0.1) is 6.10 Å². The summed E-state index contributed by atoms with van der Waals surface area (Å²) in [5.74, 6) is 1.01. The van der Waals surface area contributed by atoms with Crippen LogP contribution in [0.4, 0.5) is 0 Å². The molecule has 0 spiro atoms. The molecule has 19 heavy (non-hydrogen) atoms. The molecule has 1 N–H and O–H groups in total. The van der Waals surface area contributed by atoms with E-state index < -0.39 is 0 Å². The normalized spacial score (nSPS) is 16.8. The van der Waals surface area contributed by atoms with E-state index in [1.807, 2.05) is 0 Å². The van der Waals surface area contributed by atoms with Gasteiger partial charge in [0.25, 0.3) is 0 Å². The molecule has 0 aliphatic carbocycles. The van der Waals surface area contributed by atoms with Crippen molar-refractivity contribution in [2.75, 3.05) is 32.7 Å². The van der Waals surface area contributed by atoms with Crippen molar-refractivity contribution in [3.8, 4) is 5.75 Å². The Morgan fingerprint density at radius 1 is 1.26 bits per heavy atom. The van der Waals surface area contributed by atoms with Gasteiger partial charge in [-0.15, -0.1) is 0 Å². The Morgan fingerprint density at radius 3 is 2.63 bits per heavy atom. The molecule has 1 fully saturated rings. The third-order valence-corrected chi connectivity index (χ3v) is 3.53. The van der Waals surface area contributed by atoms with Crippen LogP contribution < -0.4 is 10.1 Å². The van der Waals surface area contributed by atoms with Crippen LogP contribution in [0, 0.1) is 6.92 Å². The quantitative estimate of drug-likeness (QED) is 0.880. The first-order valence-electron chi connectivity index (χ1n) is 7.34. The number of rotatable bonds is 5. The second-order valence-electron chi connectivity index (χ2n) is 5.61. The molecule has 0 bridgehead atoms. The Labute approximate surface area is 116 Å². The van der Waals surface area contributed by atoms with Gasteiger partial charge in [-0.2, -0.15) is 0 Å². The number of nitrogens with zero attached hydrogens (tertiary/aromatic N) is 1. The van der Waals surface area contributed by atoms with Gasteiger partial charge in [0, 0.05) is 32.7 Å². The molecule has 3 heteroatoms. The number of aryl methyl sites for hydroxylation is 1. The van der Waals surface area contributed by atoms with E-state index in [4.69, 9.17) is 4.74 Å². The first-order chi connectivity index (χ1) is 9.15. The number of hydrogen-bond acceptors (Lipinski definition) is 3. The molecule has 1 aromatic rings. The standard InChI is InChI=1S/C16H26N2O/c1-13(2)19-16-5-4-15(12-14(16)3)6-9-18-10-7-17-8-11-18/h4-5,12-13,17H,6-11H2,1-3H3. The Morgan fingerprint density at radius 2 is 2.00 bits per heavy atom. The first-order valence-corrected chi connectivity index (χ1v) is 7.34. The Hall–Kier alpha value is -1.06. The minimum absolute atomic E-state index is 0.241. The van der Waals surface area contributed by atoms with Crippen LogP contribution >= 0.6 is 0 Å². The van der Waals surface area contributed by atoms with Crippen LogP contribution in [0.3, 0.4) is 0 Å². The average Bonchev–Trinajstić information content (AvgIpc) is 2.40. The van der Waals surface area contributed by atoms with Crippen molar-refractivity contribution in [3.63, 3.8) is 0 Å². The molecule has 1 heterocycles. The summed E-state index contributed by atoms with van der Waals surface area (Å²) in [5, 5.41) is 3.39. The summed E-state index contributed by atoms with van der Waals surface area (Å²) >= 11 is 0. The summed E-state index contributed by atoms with van der Waals surface area (Å²) < 4.78 is 5.78. The van der Waals surface area contributed by atoms with Crippen molar-refractivity contribution in [1.82, 2.24) is 10.2 Å². The van der Waals surface area contributed by atoms with Crippen LogP contribution in [0.25, 0.3) is 0 Å². The van der Waals surface area contributed by atoms with E-state index in [1.165, 1.54) is 24.2 Å². The minimum atomic E-state index is 0.241. The molecule has 1 aromatic carbocycles. The number of ether oxygens (including phenoxy) is 1. The van der Waals surface area contributed by atoms with Crippen LogP contribution in [-0.4, -0.2) is 43.7 Å². The van der Waals surface area contributed by atoms with Gasteiger partial charge in [0.2, 0.25) is 0 Å². The number of hydrogen-bond donors (Lipinski definition) is 1. The molecule has 1 aliphatic heterocycles. The number of benzene rings is 1. The summed E-state index contributed by atoms with van der Waals surface area (Å²) in [6.07, 6.45) is 1.37. The zero-order chi connectivity index (χ0) is 13.7. The predicted octanol–water partition coefficient (Wildman–Crippen LogP) is 2.23. The highest BCUT2D eigenvalue weighted by atomic mass is 16.5. The molecule has 0 unspecified atom stereocenters. The van der Waals surface area contributed by atoms with E-state index in [0.717, 1.165) is 31.8 Å². The van der Waals surface area contributed by atoms with Gasteiger partial charge >= 0.3 is 0 Å². The predicted molar refractivity (Wildman–Crippen MR) is 80.0 cm³/mol. The summed E-state index contributed by atoms with van der Waals surface area (Å²) in [7, 11) is 0. The third kappa shape index (κ3) is 4.51. The topological polar surface area (TPSA) is 24.5 Å². The van der Waals surface area contributed by atoms with Crippen molar-refractivity contribution in [1.29, 1.82) is 0 Å². The lowest BCUT2D eigenvalue weighted by molar-refractivity contribution is 0.240. The maximum absolute atomic E-state index is 5.78. The van der Waals surface area contributed by atoms with Crippen molar-refractivity contribution in [3.05, 3.63) is 29.3 Å². The highest BCUT2D eigenvalue weighted by Gasteiger charge is 2.09. The molecule has 1 aliphatic rings. The third-order valence-electron chi connectivity index (χ3n) is 3.53. The molecule has 2 rings (SSSR count). The lowest BCUT2D eigenvalue weighted by atomic mass is 10.1. The van der Waals surface area contributed by atoms with Crippen LogP contribution in [0.1, 0.15) is 25.0 Å². The minimum Gasteiger partial charge on any atom is -0.491 e. The van der Waals surface area contributed by atoms with Gasteiger partial charge in [0.1, 0.15) is 5.75 Å². The second kappa shape index (κ2) is 6.92. The van der Waals surface area contributed by atoms with Gasteiger partial charge < -0.3 is 15.0 Å². The molecule has 0 aromatic heterocycles. The Bertz CT molecular complexity index is 398. The molecule has 1 saturated heterocycles. The van der Waals surface area contributed by atoms with Crippen LogP contribution in [0.5, 0.6) is 5.75 Å². The lowest BCUT2D eigenvalue weighted by Crippen LogP contribution is -2.44. The average molecular weight is 262 g/mol. The summed E-state index contributed by atoms with van der Waals surface area (Å²) in [6, 6.07) is 6.58. The first kappa shape index (κ1) is 14.4. The molecule has 0 atom stereocenters. The van der Waals surface area contributed by atoms with Gasteiger partial charge in [-0.25, -0.2) is 0 Å². The zero-order valence-electron chi connectivity index (χ0n) is 12.4. The van der Waals surface area contributed by atoms with Crippen molar-refractivity contribution in [2.24, 2.45) is 0 Å². The highest BCUT2D eigenvalue weighted by molar-refractivity contribution is 5.36. The van der Waals surface area contributed by atoms with Gasteiger partial charge in [-0.1, -0.05) is 12.1 Å². The van der Waals surface area contributed by atoms with Crippen molar-refractivity contribution in [2.45, 2.75) is 33.3 Å². The monoisotopic (exact) mass is 262 g/mol. The molecular weight excluding hydrogens is 236 g/mol. The van der Waals surface area contributed by atoms with E-state index in [9.17, 15) is 0 Å². The second-order valence-corrected chi connectivity index (χ2v) is 5.61. The molecule has 0 amide bonds. The molecule has 3 nitrogen and oxygen atoms in total. The van der Waals surface area contributed by atoms with Crippen molar-refractivity contribution >= 4 is 0 Å². The number of piperazine rings is 1. The van der Waals surface area contributed by atoms with Crippen LogP contribution in [-0.2, 0) is 6.42 Å². The lowest BCUT2D eigenvalue weighted by Gasteiger charge is -2.27. The van der Waals surface area contributed by atoms with Crippen LogP contribution in [0.2, 0.25) is 0 Å². The smallest absolute Gasteiger partial charge is 0.122 e. The largest absolute Gasteiger partial charge is 0.491 e. The van der Waals surface area contributed by atoms with E-state index in [-0.39, 0.29) is 6.10 Å². The fourth-order valence-electron chi connectivity index (χ4n) is 2.48. The summed E-state index contributed by atoms with van der Waals surface area (Å²) in [6.45, 7) is 12.0. The van der Waals surface area contributed by atoms with E-state index in [1.54, 1.807) is 0 Å². The molecule has 0 radical (unpaired) electrons. The fourth-order valence-corrected chi connectivity index (χ4v) is 2.48. The SMILES string of the molecule is Cc1cc(CCN2CCNCC2)ccc1OC(C)C. The summed E-state index contributed by atoms with van der Waals surface area (Å²) in [5.41, 5.74) is 2.65. The van der Waals surface area contributed by atoms with Crippen LogP contribution in [0.15, 0.2) is 18.2 Å². The number of nitrogens with one attached hydrogen (secondary N) is 1. The fraction of sp³-hybridized carbons (Fsp3) is 0.625. The summed E-state index contributed by atoms with van der Waals surface area (Å²) in [4.78, 5) is 2.53. The van der Waals surface area contributed by atoms with E-state index in [0.29, 0.717) is 0 Å². The molecule has 0 saturated carbocycles. The maximum Gasteiger partial charge on any atom is 0.122 e. The zero-order valence-corrected chi connectivity index (χ0v) is 12.4. The van der Waals surface area contributed by atoms with Gasteiger partial charge in [-0.05, 0) is 44.4 Å². The molecule has 106 valence electrons. The maximum atomic E-state index is 5.78.